The quantitative estimate of drug-likeness (QED) is 0.800. The van der Waals surface area contributed by atoms with Crippen molar-refractivity contribution in [3.63, 3.8) is 0 Å². The molecule has 0 amide bonds. The Hall–Kier alpha value is -3.28. The average molecular weight is 321 g/mol. The van der Waals surface area contributed by atoms with Crippen LogP contribution in [0.5, 0.6) is 11.5 Å². The molecule has 0 saturated carbocycles. The van der Waals surface area contributed by atoms with E-state index in [9.17, 15) is 4.79 Å². The highest BCUT2D eigenvalue weighted by Gasteiger charge is 2.15. The van der Waals surface area contributed by atoms with Gasteiger partial charge in [-0.15, -0.1) is 0 Å². The second kappa shape index (κ2) is 6.08. The molecule has 0 unspecified atom stereocenters. The maximum atomic E-state index is 12.7. The maximum Gasteiger partial charge on any atom is 0.297 e. The molecule has 2 aromatic carbocycles. The van der Waals surface area contributed by atoms with Gasteiger partial charge in [0.15, 0.2) is 17.3 Å². The Labute approximate surface area is 138 Å². The van der Waals surface area contributed by atoms with Gasteiger partial charge in [0.1, 0.15) is 0 Å². The van der Waals surface area contributed by atoms with Crippen LogP contribution < -0.4 is 20.3 Å². The lowest BCUT2D eigenvalue weighted by atomic mass is 10.2. The van der Waals surface area contributed by atoms with Crippen LogP contribution in [0, 0.1) is 0 Å². The molecule has 0 saturated heterocycles. The van der Waals surface area contributed by atoms with Crippen LogP contribution in [-0.4, -0.2) is 16.3 Å². The molecule has 6 nitrogen and oxygen atoms in total. The van der Waals surface area contributed by atoms with Gasteiger partial charge in [0.05, 0.1) is 5.69 Å². The normalized spacial score (nSPS) is 12.2. The third-order valence-electron chi connectivity index (χ3n) is 3.78. The minimum Gasteiger partial charge on any atom is -0.454 e. The number of hydrogen-bond acceptors (Lipinski definition) is 5. The Morgan fingerprint density at radius 3 is 2.79 bits per heavy atom. The van der Waals surface area contributed by atoms with Gasteiger partial charge < -0.3 is 14.8 Å². The van der Waals surface area contributed by atoms with E-state index in [1.165, 1.54) is 4.57 Å². The molecular weight excluding hydrogens is 306 g/mol. The summed E-state index contributed by atoms with van der Waals surface area (Å²) in [6.07, 6.45) is 3.23. The molecule has 3 aromatic rings. The zero-order chi connectivity index (χ0) is 16.4. The van der Waals surface area contributed by atoms with Crippen molar-refractivity contribution in [2.45, 2.75) is 6.54 Å². The van der Waals surface area contributed by atoms with Gasteiger partial charge in [-0.3, -0.25) is 9.36 Å². The van der Waals surface area contributed by atoms with Crippen LogP contribution in [0.4, 0.5) is 5.82 Å². The van der Waals surface area contributed by atoms with Crippen molar-refractivity contribution < 1.29 is 9.47 Å². The third kappa shape index (κ3) is 2.69. The van der Waals surface area contributed by atoms with E-state index in [1.807, 2.05) is 36.4 Å². The molecule has 2 heterocycles. The first-order chi connectivity index (χ1) is 11.8. The molecule has 1 aliphatic heterocycles. The van der Waals surface area contributed by atoms with E-state index in [1.54, 1.807) is 24.5 Å². The number of nitrogens with zero attached hydrogens (tertiary/aromatic N) is 2. The molecule has 1 N–H and O–H groups in total. The predicted octanol–water partition coefficient (Wildman–Crippen LogP) is 2.57. The van der Waals surface area contributed by atoms with E-state index >= 15 is 0 Å². The lowest BCUT2D eigenvalue weighted by Gasteiger charge is -2.10. The van der Waals surface area contributed by atoms with Crippen LogP contribution >= 0.6 is 0 Å². The molecule has 0 bridgehead atoms. The van der Waals surface area contributed by atoms with Crippen molar-refractivity contribution in [2.24, 2.45) is 0 Å². The summed E-state index contributed by atoms with van der Waals surface area (Å²) in [6.45, 7) is 0.738. The van der Waals surface area contributed by atoms with Crippen LogP contribution in [-0.2, 0) is 6.54 Å². The van der Waals surface area contributed by atoms with E-state index in [0.717, 1.165) is 5.56 Å². The average Bonchev–Trinajstić information content (AvgIpc) is 3.09. The zero-order valence-electron chi connectivity index (χ0n) is 12.8. The Bertz CT molecular complexity index is 922. The summed E-state index contributed by atoms with van der Waals surface area (Å²) in [6, 6.07) is 15.2. The minimum absolute atomic E-state index is 0.202. The maximum absolute atomic E-state index is 12.7. The number of ether oxygens (including phenoxy) is 2. The highest BCUT2D eigenvalue weighted by atomic mass is 16.7. The standard InChI is InChI=1S/C18H15N3O3/c22-18-17(20-11-13-4-2-1-3-5-13)19-8-9-21(18)14-6-7-15-16(10-14)24-12-23-15/h1-10H,11-12H2,(H,19,20). The van der Waals surface area contributed by atoms with Gasteiger partial charge in [0.2, 0.25) is 6.79 Å². The molecule has 4 rings (SSSR count). The van der Waals surface area contributed by atoms with Gasteiger partial charge >= 0.3 is 0 Å². The first kappa shape index (κ1) is 14.3. The first-order valence-electron chi connectivity index (χ1n) is 7.57. The molecule has 0 atom stereocenters. The van der Waals surface area contributed by atoms with E-state index < -0.39 is 0 Å². The predicted molar refractivity (Wildman–Crippen MR) is 89.7 cm³/mol. The number of aromatic nitrogens is 2. The van der Waals surface area contributed by atoms with Crippen LogP contribution in [0.2, 0.25) is 0 Å². The van der Waals surface area contributed by atoms with Gasteiger partial charge in [-0.05, 0) is 17.7 Å². The van der Waals surface area contributed by atoms with Crippen molar-refractivity contribution in [3.05, 3.63) is 76.8 Å². The molecule has 1 aromatic heterocycles. The van der Waals surface area contributed by atoms with Crippen molar-refractivity contribution in [1.82, 2.24) is 9.55 Å². The summed E-state index contributed by atoms with van der Waals surface area (Å²) >= 11 is 0. The summed E-state index contributed by atoms with van der Waals surface area (Å²) in [4.78, 5) is 16.8. The minimum atomic E-state index is -0.215. The molecule has 6 heteroatoms. The fourth-order valence-corrected chi connectivity index (χ4v) is 2.55. The van der Waals surface area contributed by atoms with Gasteiger partial charge in [-0.1, -0.05) is 30.3 Å². The highest BCUT2D eigenvalue weighted by molar-refractivity contribution is 5.50. The van der Waals surface area contributed by atoms with Gasteiger partial charge in [0, 0.05) is 25.0 Å². The summed E-state index contributed by atoms with van der Waals surface area (Å²) in [5.74, 6) is 1.62. The van der Waals surface area contributed by atoms with Crippen molar-refractivity contribution in [3.8, 4) is 17.2 Å². The van der Waals surface area contributed by atoms with Crippen molar-refractivity contribution in [2.75, 3.05) is 12.1 Å². The van der Waals surface area contributed by atoms with E-state index in [-0.39, 0.29) is 12.4 Å². The Kier molecular flexibility index (Phi) is 3.63. The third-order valence-corrected chi connectivity index (χ3v) is 3.78. The van der Waals surface area contributed by atoms with Gasteiger partial charge in [0.25, 0.3) is 5.56 Å². The molecule has 1 aliphatic rings. The number of fused-ring (bicyclic) bond motifs is 1. The molecular formula is C18H15N3O3. The largest absolute Gasteiger partial charge is 0.454 e. The number of nitrogens with one attached hydrogen (secondary N) is 1. The molecule has 24 heavy (non-hydrogen) atoms. The topological polar surface area (TPSA) is 65.4 Å². The first-order valence-corrected chi connectivity index (χ1v) is 7.57. The number of benzene rings is 2. The van der Waals surface area contributed by atoms with E-state index in [4.69, 9.17) is 9.47 Å². The van der Waals surface area contributed by atoms with Crippen molar-refractivity contribution in [1.29, 1.82) is 0 Å². The molecule has 0 radical (unpaired) electrons. The van der Waals surface area contributed by atoms with Crippen LogP contribution in [0.3, 0.4) is 0 Å². The zero-order valence-corrected chi connectivity index (χ0v) is 12.8. The molecule has 0 fully saturated rings. The van der Waals surface area contributed by atoms with E-state index in [0.29, 0.717) is 29.5 Å². The summed E-state index contributed by atoms with van der Waals surface area (Å²) in [5.41, 5.74) is 1.57. The number of anilines is 1. The second-order valence-electron chi connectivity index (χ2n) is 5.33. The number of hydrogen-bond donors (Lipinski definition) is 1. The SMILES string of the molecule is O=c1c(NCc2ccccc2)nccn1-c1ccc2c(c1)OCO2. The Morgan fingerprint density at radius 1 is 1.08 bits per heavy atom. The molecule has 120 valence electrons. The Morgan fingerprint density at radius 2 is 1.92 bits per heavy atom. The Balaban J connectivity index is 1.62. The van der Waals surface area contributed by atoms with Gasteiger partial charge in [-0.2, -0.15) is 0 Å². The smallest absolute Gasteiger partial charge is 0.297 e. The summed E-state index contributed by atoms with van der Waals surface area (Å²) < 4.78 is 12.2. The summed E-state index contributed by atoms with van der Waals surface area (Å²) in [5, 5.41) is 3.09. The van der Waals surface area contributed by atoms with E-state index in [2.05, 4.69) is 10.3 Å². The summed E-state index contributed by atoms with van der Waals surface area (Å²) in [7, 11) is 0. The monoisotopic (exact) mass is 321 g/mol. The fourth-order valence-electron chi connectivity index (χ4n) is 2.55. The fraction of sp³-hybridized carbons (Fsp3) is 0.111. The lowest BCUT2D eigenvalue weighted by molar-refractivity contribution is 0.174. The second-order valence-corrected chi connectivity index (χ2v) is 5.33. The van der Waals surface area contributed by atoms with Crippen molar-refractivity contribution >= 4 is 5.82 Å². The highest BCUT2D eigenvalue weighted by Crippen LogP contribution is 2.33. The lowest BCUT2D eigenvalue weighted by Crippen LogP contribution is -2.23. The number of rotatable bonds is 4. The molecule has 0 spiro atoms. The van der Waals surface area contributed by atoms with Crippen LogP contribution in [0.1, 0.15) is 5.56 Å². The van der Waals surface area contributed by atoms with Gasteiger partial charge in [-0.25, -0.2) is 4.98 Å². The van der Waals surface area contributed by atoms with Crippen LogP contribution in [0.15, 0.2) is 65.7 Å². The van der Waals surface area contributed by atoms with Crippen LogP contribution in [0.25, 0.3) is 5.69 Å². The molecule has 0 aliphatic carbocycles.